The molecule has 29 heavy (non-hydrogen) atoms. The molecule has 0 aliphatic rings. The standard InChI is InChI=1S/C25H16N4/c1-2-6-19-14-24-22(13-18(19)5-1)21-7-3-4-8-23(21)29(24)20-11-9-17(10-12-20)25-27-15-26-16-28-25/h1-16H. The maximum atomic E-state index is 4.25. The van der Waals surface area contributed by atoms with E-state index in [0.29, 0.717) is 5.82 Å². The predicted molar refractivity (Wildman–Crippen MR) is 117 cm³/mol. The third-order valence-corrected chi connectivity index (χ3v) is 5.42. The Hall–Kier alpha value is -4.05. The van der Waals surface area contributed by atoms with E-state index in [-0.39, 0.29) is 0 Å². The molecule has 0 N–H and O–H groups in total. The van der Waals surface area contributed by atoms with Crippen molar-refractivity contribution in [3.8, 4) is 17.1 Å². The van der Waals surface area contributed by atoms with Gasteiger partial charge in [-0.15, -0.1) is 0 Å². The Kier molecular flexibility index (Phi) is 3.43. The van der Waals surface area contributed by atoms with Gasteiger partial charge in [0, 0.05) is 22.0 Å². The fourth-order valence-electron chi connectivity index (χ4n) is 4.08. The van der Waals surface area contributed by atoms with Crippen molar-refractivity contribution in [3.05, 3.63) is 97.6 Å². The van der Waals surface area contributed by atoms with Gasteiger partial charge in [0.25, 0.3) is 0 Å². The molecule has 4 nitrogen and oxygen atoms in total. The minimum absolute atomic E-state index is 0.680. The van der Waals surface area contributed by atoms with Gasteiger partial charge in [0.2, 0.25) is 0 Å². The van der Waals surface area contributed by atoms with Gasteiger partial charge in [-0.25, -0.2) is 15.0 Å². The summed E-state index contributed by atoms with van der Waals surface area (Å²) in [5.74, 6) is 0.680. The second kappa shape index (κ2) is 6.24. The number of hydrogen-bond acceptors (Lipinski definition) is 3. The van der Waals surface area contributed by atoms with Gasteiger partial charge in [-0.2, -0.15) is 0 Å². The topological polar surface area (TPSA) is 43.6 Å². The number of nitrogens with zero attached hydrogens (tertiary/aromatic N) is 4. The zero-order valence-electron chi connectivity index (χ0n) is 15.5. The van der Waals surface area contributed by atoms with Gasteiger partial charge >= 0.3 is 0 Å². The molecule has 0 bridgehead atoms. The Morgan fingerprint density at radius 3 is 2.07 bits per heavy atom. The molecule has 0 aliphatic carbocycles. The van der Waals surface area contributed by atoms with Crippen molar-refractivity contribution in [1.82, 2.24) is 19.5 Å². The molecule has 0 aliphatic heterocycles. The lowest BCUT2D eigenvalue weighted by atomic mass is 10.1. The van der Waals surface area contributed by atoms with Crippen molar-refractivity contribution in [3.63, 3.8) is 0 Å². The maximum absolute atomic E-state index is 4.25. The van der Waals surface area contributed by atoms with Crippen molar-refractivity contribution in [2.24, 2.45) is 0 Å². The third kappa shape index (κ3) is 2.50. The Balaban J connectivity index is 1.62. The Morgan fingerprint density at radius 1 is 0.586 bits per heavy atom. The smallest absolute Gasteiger partial charge is 0.162 e. The van der Waals surface area contributed by atoms with E-state index in [1.165, 1.54) is 45.2 Å². The molecule has 0 spiro atoms. The molecule has 4 heteroatoms. The summed E-state index contributed by atoms with van der Waals surface area (Å²) in [7, 11) is 0. The molecule has 136 valence electrons. The van der Waals surface area contributed by atoms with Gasteiger partial charge in [-0.05, 0) is 53.2 Å². The molecule has 0 amide bonds. The van der Waals surface area contributed by atoms with E-state index < -0.39 is 0 Å². The molecule has 0 fully saturated rings. The van der Waals surface area contributed by atoms with Crippen LogP contribution in [0.2, 0.25) is 0 Å². The molecule has 6 rings (SSSR count). The van der Waals surface area contributed by atoms with Crippen LogP contribution in [0, 0.1) is 0 Å². The highest BCUT2D eigenvalue weighted by Gasteiger charge is 2.13. The molecular formula is C25H16N4. The molecule has 6 aromatic rings. The highest BCUT2D eigenvalue weighted by atomic mass is 15.0. The average molecular weight is 372 g/mol. The lowest BCUT2D eigenvalue weighted by molar-refractivity contribution is 1.05. The monoisotopic (exact) mass is 372 g/mol. The van der Waals surface area contributed by atoms with Gasteiger partial charge in [-0.3, -0.25) is 0 Å². The summed E-state index contributed by atoms with van der Waals surface area (Å²) >= 11 is 0. The summed E-state index contributed by atoms with van der Waals surface area (Å²) in [5, 5.41) is 5.02. The Morgan fingerprint density at radius 2 is 1.28 bits per heavy atom. The van der Waals surface area contributed by atoms with Crippen LogP contribution in [0.4, 0.5) is 0 Å². The summed E-state index contributed by atoms with van der Waals surface area (Å²) in [6.07, 6.45) is 3.04. The first-order chi connectivity index (χ1) is 14.4. The molecule has 0 saturated carbocycles. The van der Waals surface area contributed by atoms with Crippen molar-refractivity contribution in [1.29, 1.82) is 0 Å². The van der Waals surface area contributed by atoms with Crippen molar-refractivity contribution in [2.45, 2.75) is 0 Å². The quantitative estimate of drug-likeness (QED) is 0.386. The summed E-state index contributed by atoms with van der Waals surface area (Å²) in [6.45, 7) is 0. The van der Waals surface area contributed by atoms with Crippen molar-refractivity contribution < 1.29 is 0 Å². The molecule has 0 atom stereocenters. The van der Waals surface area contributed by atoms with Crippen LogP contribution in [0.25, 0.3) is 49.7 Å². The average Bonchev–Trinajstić information content (AvgIpc) is 3.11. The van der Waals surface area contributed by atoms with E-state index in [1.54, 1.807) is 0 Å². The molecule has 0 saturated heterocycles. The SMILES string of the molecule is c1ccc2cc3c(cc2c1)c1ccccc1n3-c1ccc(-c2ncncn2)cc1. The van der Waals surface area contributed by atoms with E-state index in [0.717, 1.165) is 11.3 Å². The van der Waals surface area contributed by atoms with Gasteiger partial charge in [0.1, 0.15) is 12.7 Å². The third-order valence-electron chi connectivity index (χ3n) is 5.42. The number of fused-ring (bicyclic) bond motifs is 4. The largest absolute Gasteiger partial charge is 0.309 e. The van der Waals surface area contributed by atoms with Gasteiger partial charge in [-0.1, -0.05) is 42.5 Å². The van der Waals surface area contributed by atoms with Gasteiger partial charge < -0.3 is 4.57 Å². The molecule has 2 aromatic heterocycles. The summed E-state index contributed by atoms with van der Waals surface area (Å²) in [6, 6.07) is 30.0. The van der Waals surface area contributed by atoms with E-state index >= 15 is 0 Å². The number of aromatic nitrogens is 4. The van der Waals surface area contributed by atoms with E-state index in [9.17, 15) is 0 Å². The van der Waals surface area contributed by atoms with Crippen molar-refractivity contribution in [2.75, 3.05) is 0 Å². The van der Waals surface area contributed by atoms with Crippen LogP contribution in [0.15, 0.2) is 97.6 Å². The second-order valence-electron chi connectivity index (χ2n) is 7.08. The lowest BCUT2D eigenvalue weighted by Gasteiger charge is -2.09. The highest BCUT2D eigenvalue weighted by Crippen LogP contribution is 2.35. The first-order valence-corrected chi connectivity index (χ1v) is 9.53. The van der Waals surface area contributed by atoms with Crippen LogP contribution in [0.3, 0.4) is 0 Å². The van der Waals surface area contributed by atoms with Gasteiger partial charge in [0.05, 0.1) is 11.0 Å². The molecule has 2 heterocycles. The van der Waals surface area contributed by atoms with E-state index in [4.69, 9.17) is 0 Å². The minimum atomic E-state index is 0.680. The molecule has 4 aromatic carbocycles. The van der Waals surface area contributed by atoms with Crippen LogP contribution in [0.1, 0.15) is 0 Å². The normalized spacial score (nSPS) is 11.4. The zero-order chi connectivity index (χ0) is 19.2. The Bertz CT molecular complexity index is 1480. The number of rotatable bonds is 2. The second-order valence-corrected chi connectivity index (χ2v) is 7.08. The summed E-state index contributed by atoms with van der Waals surface area (Å²) in [4.78, 5) is 12.4. The summed E-state index contributed by atoms with van der Waals surface area (Å²) in [5.41, 5.74) is 4.50. The van der Waals surface area contributed by atoms with Crippen molar-refractivity contribution >= 4 is 32.6 Å². The zero-order valence-corrected chi connectivity index (χ0v) is 15.5. The van der Waals surface area contributed by atoms with Crippen LogP contribution in [-0.4, -0.2) is 19.5 Å². The fraction of sp³-hybridized carbons (Fsp3) is 0. The summed E-state index contributed by atoms with van der Waals surface area (Å²) < 4.78 is 2.33. The first-order valence-electron chi connectivity index (χ1n) is 9.53. The number of para-hydroxylation sites is 1. The number of hydrogen-bond donors (Lipinski definition) is 0. The fourth-order valence-corrected chi connectivity index (χ4v) is 4.08. The van der Waals surface area contributed by atoms with Crippen LogP contribution in [0.5, 0.6) is 0 Å². The molecule has 0 unspecified atom stereocenters. The van der Waals surface area contributed by atoms with E-state index in [2.05, 4.69) is 104 Å². The first kappa shape index (κ1) is 16.0. The minimum Gasteiger partial charge on any atom is -0.309 e. The van der Waals surface area contributed by atoms with Crippen LogP contribution >= 0.6 is 0 Å². The maximum Gasteiger partial charge on any atom is 0.162 e. The molecular weight excluding hydrogens is 356 g/mol. The number of benzene rings is 4. The van der Waals surface area contributed by atoms with Crippen LogP contribution < -0.4 is 0 Å². The van der Waals surface area contributed by atoms with Crippen LogP contribution in [-0.2, 0) is 0 Å². The van der Waals surface area contributed by atoms with Gasteiger partial charge in [0.15, 0.2) is 5.82 Å². The predicted octanol–water partition coefficient (Wildman–Crippen LogP) is 5.79. The van der Waals surface area contributed by atoms with E-state index in [1.807, 2.05) is 0 Å². The molecule has 0 radical (unpaired) electrons. The Labute approximate surface area is 167 Å². The highest BCUT2D eigenvalue weighted by molar-refractivity contribution is 6.13. The lowest BCUT2D eigenvalue weighted by Crippen LogP contribution is -1.95.